The van der Waals surface area contributed by atoms with Crippen LogP contribution in [0.25, 0.3) is 0 Å². The first kappa shape index (κ1) is 17.6. The zero-order valence-electron chi connectivity index (χ0n) is 11.0. The number of rotatable bonds is 4. The van der Waals surface area contributed by atoms with Crippen LogP contribution in [0.3, 0.4) is 0 Å². The molecule has 1 saturated heterocycles. The summed E-state index contributed by atoms with van der Waals surface area (Å²) >= 11 is 0. The lowest BCUT2D eigenvalue weighted by molar-refractivity contribution is -0.136. The van der Waals surface area contributed by atoms with Crippen LogP contribution < -0.4 is 5.32 Å². The molecule has 0 bridgehead atoms. The lowest BCUT2D eigenvalue weighted by Gasteiger charge is -2.34. The van der Waals surface area contributed by atoms with E-state index in [1.165, 1.54) is 10.6 Å². The van der Waals surface area contributed by atoms with Crippen molar-refractivity contribution < 1.29 is 13.2 Å². The summed E-state index contributed by atoms with van der Waals surface area (Å²) in [7, 11) is -1.31. The number of halogens is 1. The topological polar surface area (TPSA) is 69.7 Å². The fraction of sp³-hybridized carbons (Fsp3) is 0.900. The summed E-state index contributed by atoms with van der Waals surface area (Å²) in [6, 6.07) is 0. The fourth-order valence-electron chi connectivity index (χ4n) is 1.95. The highest BCUT2D eigenvalue weighted by Crippen LogP contribution is 2.09. The Kier molecular flexibility index (Phi) is 7.13. The van der Waals surface area contributed by atoms with Gasteiger partial charge in [-0.1, -0.05) is 6.92 Å². The predicted octanol–water partition coefficient (Wildman–Crippen LogP) is -0.632. The predicted molar refractivity (Wildman–Crippen MR) is 73.3 cm³/mol. The second kappa shape index (κ2) is 7.28. The number of carbonyl (C=O) groups is 1. The summed E-state index contributed by atoms with van der Waals surface area (Å²) in [4.78, 5) is 13.7. The van der Waals surface area contributed by atoms with Crippen molar-refractivity contribution >= 4 is 28.3 Å². The van der Waals surface area contributed by atoms with E-state index in [0.717, 1.165) is 0 Å². The van der Waals surface area contributed by atoms with E-state index < -0.39 is 10.0 Å². The number of nitrogens with zero attached hydrogens (tertiary/aromatic N) is 2. The first-order valence-corrected chi connectivity index (χ1v) is 7.59. The first-order chi connectivity index (χ1) is 7.86. The molecule has 0 aromatic heterocycles. The molecule has 6 nitrogen and oxygen atoms in total. The van der Waals surface area contributed by atoms with Crippen molar-refractivity contribution in [2.45, 2.75) is 6.92 Å². The largest absolute Gasteiger partial charge is 0.340 e. The van der Waals surface area contributed by atoms with Crippen molar-refractivity contribution in [2.24, 2.45) is 5.92 Å². The van der Waals surface area contributed by atoms with E-state index in [-0.39, 0.29) is 24.2 Å². The summed E-state index contributed by atoms with van der Waals surface area (Å²) in [6.07, 6.45) is 1.20. The van der Waals surface area contributed by atoms with Crippen LogP contribution in [-0.4, -0.2) is 69.6 Å². The monoisotopic (exact) mass is 299 g/mol. The molecule has 108 valence electrons. The molecule has 0 aromatic carbocycles. The third-order valence-electron chi connectivity index (χ3n) is 2.95. The van der Waals surface area contributed by atoms with Crippen LogP contribution in [0.4, 0.5) is 0 Å². The number of piperazine rings is 1. The lowest BCUT2D eigenvalue weighted by atomic mass is 10.1. The van der Waals surface area contributed by atoms with Gasteiger partial charge in [-0.3, -0.25) is 4.79 Å². The van der Waals surface area contributed by atoms with Crippen molar-refractivity contribution in [1.82, 2.24) is 14.5 Å². The summed E-state index contributed by atoms with van der Waals surface area (Å²) in [6.45, 7) is 4.29. The number of hydrogen-bond donors (Lipinski definition) is 1. The van der Waals surface area contributed by atoms with Crippen LogP contribution in [0.2, 0.25) is 0 Å². The molecule has 1 N–H and O–H groups in total. The molecular weight excluding hydrogens is 278 g/mol. The van der Waals surface area contributed by atoms with Crippen molar-refractivity contribution in [3.8, 4) is 0 Å². The van der Waals surface area contributed by atoms with Crippen LogP contribution in [0, 0.1) is 5.92 Å². The van der Waals surface area contributed by atoms with E-state index in [1.54, 1.807) is 4.90 Å². The van der Waals surface area contributed by atoms with Gasteiger partial charge in [-0.05, 0) is 7.05 Å². The van der Waals surface area contributed by atoms with Gasteiger partial charge in [-0.2, -0.15) is 4.31 Å². The average molecular weight is 300 g/mol. The van der Waals surface area contributed by atoms with Gasteiger partial charge in [0.15, 0.2) is 0 Å². The Morgan fingerprint density at radius 3 is 2.17 bits per heavy atom. The van der Waals surface area contributed by atoms with E-state index in [9.17, 15) is 13.2 Å². The Hall–Kier alpha value is -0.370. The minimum Gasteiger partial charge on any atom is -0.340 e. The third kappa shape index (κ3) is 4.72. The Balaban J connectivity index is 0.00000289. The Bertz CT molecular complexity index is 367. The molecule has 1 fully saturated rings. The molecule has 1 unspecified atom stereocenters. The molecule has 18 heavy (non-hydrogen) atoms. The number of sulfonamides is 1. The van der Waals surface area contributed by atoms with Gasteiger partial charge in [0.25, 0.3) is 0 Å². The van der Waals surface area contributed by atoms with E-state index in [0.29, 0.717) is 32.7 Å². The van der Waals surface area contributed by atoms with Gasteiger partial charge in [-0.15, -0.1) is 12.4 Å². The molecule has 0 aromatic rings. The van der Waals surface area contributed by atoms with E-state index in [1.807, 2.05) is 14.0 Å². The number of carbonyl (C=O) groups excluding carboxylic acids is 1. The Morgan fingerprint density at radius 2 is 1.78 bits per heavy atom. The maximum absolute atomic E-state index is 12.0. The van der Waals surface area contributed by atoms with Gasteiger partial charge in [0.05, 0.1) is 6.26 Å². The Morgan fingerprint density at radius 1 is 1.28 bits per heavy atom. The van der Waals surface area contributed by atoms with Gasteiger partial charge in [0.1, 0.15) is 0 Å². The maximum Gasteiger partial charge on any atom is 0.226 e. The summed E-state index contributed by atoms with van der Waals surface area (Å²) < 4.78 is 24.0. The normalized spacial score (nSPS) is 19.2. The second-order valence-corrected chi connectivity index (χ2v) is 6.43. The molecule has 0 saturated carbocycles. The maximum atomic E-state index is 12.0. The van der Waals surface area contributed by atoms with Crippen molar-refractivity contribution in [3.05, 3.63) is 0 Å². The lowest BCUT2D eigenvalue weighted by Crippen LogP contribution is -2.52. The quantitative estimate of drug-likeness (QED) is 0.750. The minimum absolute atomic E-state index is 0. The van der Waals surface area contributed by atoms with Crippen molar-refractivity contribution in [2.75, 3.05) is 46.0 Å². The summed E-state index contributed by atoms with van der Waals surface area (Å²) in [5.74, 6) is 0.0253. The zero-order chi connectivity index (χ0) is 13.1. The van der Waals surface area contributed by atoms with Gasteiger partial charge in [0, 0.05) is 38.6 Å². The molecule has 0 radical (unpaired) electrons. The van der Waals surface area contributed by atoms with Crippen LogP contribution in [0.15, 0.2) is 0 Å². The Labute approximate surface area is 115 Å². The average Bonchev–Trinajstić information content (AvgIpc) is 2.27. The molecule has 1 heterocycles. The molecule has 1 amide bonds. The standard InChI is InChI=1S/C10H21N3O3S.ClH/c1-9(8-11-2)10(14)12-4-6-13(7-5-12)17(3,15)16;/h9,11H,4-8H2,1-3H3;1H. The van der Waals surface area contributed by atoms with Gasteiger partial charge in [0.2, 0.25) is 15.9 Å². The third-order valence-corrected chi connectivity index (χ3v) is 4.25. The SMILES string of the molecule is CNCC(C)C(=O)N1CCN(S(C)(=O)=O)CC1.Cl. The molecular formula is C10H22ClN3O3S. The molecule has 1 aliphatic rings. The van der Waals surface area contributed by atoms with Crippen LogP contribution in [-0.2, 0) is 14.8 Å². The summed E-state index contributed by atoms with van der Waals surface area (Å²) in [5, 5.41) is 2.97. The van der Waals surface area contributed by atoms with Crippen molar-refractivity contribution in [1.29, 1.82) is 0 Å². The molecule has 0 aliphatic carbocycles. The van der Waals surface area contributed by atoms with Crippen LogP contribution in [0.1, 0.15) is 6.92 Å². The molecule has 0 spiro atoms. The molecule has 8 heteroatoms. The fourth-order valence-corrected chi connectivity index (χ4v) is 2.77. The highest BCUT2D eigenvalue weighted by molar-refractivity contribution is 7.88. The zero-order valence-corrected chi connectivity index (χ0v) is 12.7. The van der Waals surface area contributed by atoms with Gasteiger partial charge in [-0.25, -0.2) is 8.42 Å². The molecule has 1 rings (SSSR count). The van der Waals surface area contributed by atoms with E-state index >= 15 is 0 Å². The minimum atomic E-state index is -3.12. The first-order valence-electron chi connectivity index (χ1n) is 5.74. The van der Waals surface area contributed by atoms with Gasteiger partial charge < -0.3 is 10.2 Å². The highest BCUT2D eigenvalue weighted by Gasteiger charge is 2.27. The highest BCUT2D eigenvalue weighted by atomic mass is 35.5. The van der Waals surface area contributed by atoms with Crippen LogP contribution in [0.5, 0.6) is 0 Å². The number of amides is 1. The number of hydrogen-bond acceptors (Lipinski definition) is 4. The summed E-state index contributed by atoms with van der Waals surface area (Å²) in [5.41, 5.74) is 0. The smallest absolute Gasteiger partial charge is 0.226 e. The molecule has 1 atom stereocenters. The van der Waals surface area contributed by atoms with Gasteiger partial charge >= 0.3 is 0 Å². The van der Waals surface area contributed by atoms with E-state index in [2.05, 4.69) is 5.32 Å². The second-order valence-electron chi connectivity index (χ2n) is 4.45. The van der Waals surface area contributed by atoms with E-state index in [4.69, 9.17) is 0 Å². The molecule has 1 aliphatic heterocycles. The van der Waals surface area contributed by atoms with Crippen molar-refractivity contribution in [3.63, 3.8) is 0 Å². The number of nitrogens with one attached hydrogen (secondary N) is 1. The van der Waals surface area contributed by atoms with Crippen LogP contribution >= 0.6 is 12.4 Å².